The molecule has 2 N–H and O–H groups in total. The second kappa shape index (κ2) is 6.54. The van der Waals surface area contributed by atoms with Crippen molar-refractivity contribution in [1.29, 1.82) is 0 Å². The van der Waals surface area contributed by atoms with Gasteiger partial charge in [-0.2, -0.15) is 0 Å². The van der Waals surface area contributed by atoms with E-state index in [-0.39, 0.29) is 18.1 Å². The number of nitrogens with one attached hydrogen (secondary N) is 2. The number of hydrogen-bond donors (Lipinski definition) is 2. The van der Waals surface area contributed by atoms with Gasteiger partial charge in [-0.3, -0.25) is 9.59 Å². The highest BCUT2D eigenvalue weighted by Crippen LogP contribution is 2.20. The van der Waals surface area contributed by atoms with E-state index in [0.717, 1.165) is 25.9 Å². The monoisotopic (exact) mass is 284 g/mol. The van der Waals surface area contributed by atoms with Crippen LogP contribution in [-0.4, -0.2) is 43.4 Å². The van der Waals surface area contributed by atoms with Crippen molar-refractivity contribution < 1.29 is 19.1 Å². The Bertz CT molecular complexity index is 364. The number of carbonyl (C=O) groups excluding carboxylic acids is 2. The molecule has 114 valence electrons. The van der Waals surface area contributed by atoms with Crippen LogP contribution in [-0.2, 0) is 19.1 Å². The van der Waals surface area contributed by atoms with Crippen LogP contribution < -0.4 is 10.6 Å². The first-order valence-electron chi connectivity index (χ1n) is 7.33. The van der Waals surface area contributed by atoms with Crippen LogP contribution >= 0.6 is 0 Å². The van der Waals surface area contributed by atoms with Crippen molar-refractivity contribution >= 4 is 11.8 Å². The van der Waals surface area contributed by atoms with Crippen molar-refractivity contribution in [3.8, 4) is 0 Å². The maximum atomic E-state index is 11.9. The minimum Gasteiger partial charge on any atom is -0.355 e. The summed E-state index contributed by atoms with van der Waals surface area (Å²) in [6.45, 7) is 5.51. The molecule has 2 fully saturated rings. The SMILES string of the molecule is CC(C)(CNC(=O)[C@H]1CCNC1=O)OC1CCCCO1. The summed E-state index contributed by atoms with van der Waals surface area (Å²) in [6.07, 6.45) is 3.45. The Morgan fingerprint density at radius 3 is 2.85 bits per heavy atom. The van der Waals surface area contributed by atoms with E-state index in [2.05, 4.69) is 10.6 Å². The predicted molar refractivity (Wildman–Crippen MR) is 72.9 cm³/mol. The Morgan fingerprint density at radius 2 is 2.25 bits per heavy atom. The van der Waals surface area contributed by atoms with E-state index in [4.69, 9.17) is 9.47 Å². The van der Waals surface area contributed by atoms with Crippen LogP contribution in [0, 0.1) is 5.92 Å². The zero-order valence-corrected chi connectivity index (χ0v) is 12.2. The van der Waals surface area contributed by atoms with Gasteiger partial charge >= 0.3 is 0 Å². The summed E-state index contributed by atoms with van der Waals surface area (Å²) in [5.74, 6) is -0.963. The number of amides is 2. The fraction of sp³-hybridized carbons (Fsp3) is 0.857. The molecule has 0 aromatic heterocycles. The zero-order valence-electron chi connectivity index (χ0n) is 12.2. The molecule has 0 aromatic carbocycles. The van der Waals surface area contributed by atoms with Crippen LogP contribution in [0.3, 0.4) is 0 Å². The first kappa shape index (κ1) is 15.3. The Hall–Kier alpha value is -1.14. The summed E-state index contributed by atoms with van der Waals surface area (Å²) >= 11 is 0. The molecule has 0 spiro atoms. The largest absolute Gasteiger partial charge is 0.355 e. The van der Waals surface area contributed by atoms with Gasteiger partial charge in [-0.1, -0.05) is 0 Å². The van der Waals surface area contributed by atoms with Gasteiger partial charge in [0.25, 0.3) is 0 Å². The van der Waals surface area contributed by atoms with Gasteiger partial charge < -0.3 is 20.1 Å². The molecule has 2 aliphatic heterocycles. The normalized spacial score (nSPS) is 27.2. The summed E-state index contributed by atoms with van der Waals surface area (Å²) in [5.41, 5.74) is -0.507. The van der Waals surface area contributed by atoms with Crippen molar-refractivity contribution in [1.82, 2.24) is 10.6 Å². The third-order valence-electron chi connectivity index (χ3n) is 3.64. The first-order valence-corrected chi connectivity index (χ1v) is 7.33. The highest BCUT2D eigenvalue weighted by molar-refractivity contribution is 6.01. The fourth-order valence-electron chi connectivity index (χ4n) is 2.47. The minimum atomic E-state index is -0.559. The van der Waals surface area contributed by atoms with Crippen molar-refractivity contribution in [2.24, 2.45) is 5.92 Å². The average molecular weight is 284 g/mol. The predicted octanol–water partition coefficient (Wildman–Crippen LogP) is 0.560. The van der Waals surface area contributed by atoms with E-state index in [1.165, 1.54) is 0 Å². The Balaban J connectivity index is 1.76. The van der Waals surface area contributed by atoms with E-state index in [9.17, 15) is 9.59 Å². The zero-order chi connectivity index (χ0) is 14.6. The lowest BCUT2D eigenvalue weighted by Gasteiger charge is -2.33. The van der Waals surface area contributed by atoms with Crippen molar-refractivity contribution in [3.63, 3.8) is 0 Å². The van der Waals surface area contributed by atoms with Crippen molar-refractivity contribution in [3.05, 3.63) is 0 Å². The molecular weight excluding hydrogens is 260 g/mol. The lowest BCUT2D eigenvalue weighted by atomic mass is 10.1. The summed E-state index contributed by atoms with van der Waals surface area (Å²) in [6, 6.07) is 0. The summed E-state index contributed by atoms with van der Waals surface area (Å²) in [7, 11) is 0. The number of ether oxygens (including phenoxy) is 2. The van der Waals surface area contributed by atoms with Crippen LogP contribution in [0.2, 0.25) is 0 Å². The van der Waals surface area contributed by atoms with Crippen LogP contribution in [0.1, 0.15) is 39.5 Å². The number of carbonyl (C=O) groups is 2. The molecule has 2 amide bonds. The summed E-state index contributed by atoms with van der Waals surface area (Å²) in [5, 5.41) is 5.47. The van der Waals surface area contributed by atoms with Crippen molar-refractivity contribution in [2.75, 3.05) is 19.7 Å². The van der Waals surface area contributed by atoms with E-state index >= 15 is 0 Å². The van der Waals surface area contributed by atoms with Gasteiger partial charge in [-0.05, 0) is 39.5 Å². The number of hydrogen-bond acceptors (Lipinski definition) is 4. The van der Waals surface area contributed by atoms with Gasteiger partial charge in [-0.25, -0.2) is 0 Å². The van der Waals surface area contributed by atoms with E-state index in [1.54, 1.807) is 0 Å². The number of rotatable bonds is 5. The molecular formula is C14H24N2O4. The molecule has 0 radical (unpaired) electrons. The van der Waals surface area contributed by atoms with Gasteiger partial charge in [0.05, 0.1) is 5.60 Å². The lowest BCUT2D eigenvalue weighted by Crippen LogP contribution is -2.46. The van der Waals surface area contributed by atoms with Gasteiger partial charge in [0.2, 0.25) is 11.8 Å². The van der Waals surface area contributed by atoms with E-state index in [0.29, 0.717) is 19.5 Å². The lowest BCUT2D eigenvalue weighted by molar-refractivity contribution is -0.214. The molecule has 0 saturated carbocycles. The molecule has 2 rings (SSSR count). The third kappa shape index (κ3) is 4.18. The summed E-state index contributed by atoms with van der Waals surface area (Å²) in [4.78, 5) is 23.4. The second-order valence-corrected chi connectivity index (χ2v) is 6.02. The highest BCUT2D eigenvalue weighted by Gasteiger charge is 2.32. The van der Waals surface area contributed by atoms with Crippen LogP contribution in [0.4, 0.5) is 0 Å². The molecule has 0 bridgehead atoms. The molecule has 0 aromatic rings. The Morgan fingerprint density at radius 1 is 1.45 bits per heavy atom. The van der Waals surface area contributed by atoms with Crippen molar-refractivity contribution in [2.45, 2.75) is 51.4 Å². The Kier molecular flexibility index (Phi) is 4.99. The highest BCUT2D eigenvalue weighted by atomic mass is 16.7. The van der Waals surface area contributed by atoms with Crippen LogP contribution in [0.25, 0.3) is 0 Å². The van der Waals surface area contributed by atoms with Crippen LogP contribution in [0.5, 0.6) is 0 Å². The molecule has 2 atom stereocenters. The Labute approximate surface area is 119 Å². The molecule has 20 heavy (non-hydrogen) atoms. The van der Waals surface area contributed by atoms with Gasteiger partial charge in [0, 0.05) is 19.7 Å². The van der Waals surface area contributed by atoms with E-state index < -0.39 is 11.5 Å². The maximum Gasteiger partial charge on any atom is 0.232 e. The standard InChI is InChI=1S/C14H24N2O4/c1-14(2,20-11-5-3-4-8-19-11)9-16-13(18)10-6-7-15-12(10)17/h10-11H,3-9H2,1-2H3,(H,15,17)(H,16,18)/t10-,11?/m0/s1. The summed E-state index contributed by atoms with van der Waals surface area (Å²) < 4.78 is 11.4. The molecule has 2 saturated heterocycles. The molecule has 1 unspecified atom stereocenters. The maximum absolute atomic E-state index is 11.9. The smallest absolute Gasteiger partial charge is 0.232 e. The topological polar surface area (TPSA) is 76.7 Å². The second-order valence-electron chi connectivity index (χ2n) is 6.02. The quantitative estimate of drug-likeness (QED) is 0.723. The molecule has 6 heteroatoms. The molecule has 2 aliphatic rings. The minimum absolute atomic E-state index is 0.183. The average Bonchev–Trinajstić information content (AvgIpc) is 2.83. The van der Waals surface area contributed by atoms with Gasteiger partial charge in [-0.15, -0.1) is 0 Å². The first-order chi connectivity index (χ1) is 9.48. The van der Waals surface area contributed by atoms with Gasteiger partial charge in [0.15, 0.2) is 6.29 Å². The van der Waals surface area contributed by atoms with Crippen LogP contribution in [0.15, 0.2) is 0 Å². The third-order valence-corrected chi connectivity index (χ3v) is 3.64. The molecule has 6 nitrogen and oxygen atoms in total. The fourth-order valence-corrected chi connectivity index (χ4v) is 2.47. The molecule has 2 heterocycles. The van der Waals surface area contributed by atoms with E-state index in [1.807, 2.05) is 13.8 Å². The molecule has 0 aliphatic carbocycles. The van der Waals surface area contributed by atoms with Gasteiger partial charge in [0.1, 0.15) is 5.92 Å².